The highest BCUT2D eigenvalue weighted by Gasteiger charge is 2.39. The second-order valence-corrected chi connectivity index (χ2v) is 6.89. The third-order valence-electron chi connectivity index (χ3n) is 4.24. The zero-order valence-electron chi connectivity index (χ0n) is 14.5. The van der Waals surface area contributed by atoms with Gasteiger partial charge in [-0.3, -0.25) is 10.1 Å². The maximum absolute atomic E-state index is 12.2. The fraction of sp³-hybridized carbons (Fsp3) is 0.941. The number of carbonyl (C=O) groups is 1. The Morgan fingerprint density at radius 1 is 1.19 bits per heavy atom. The highest BCUT2D eigenvalue weighted by Crippen LogP contribution is 2.26. The van der Waals surface area contributed by atoms with E-state index in [2.05, 4.69) is 26.1 Å². The third-order valence-corrected chi connectivity index (χ3v) is 4.24. The molecule has 0 aromatic rings. The Hall–Kier alpha value is -0.610. The molecule has 0 radical (unpaired) electrons. The molecule has 0 aromatic heterocycles. The van der Waals surface area contributed by atoms with Gasteiger partial charge in [0.1, 0.15) is 5.54 Å². The minimum Gasteiger partial charge on any atom is -0.465 e. The van der Waals surface area contributed by atoms with Crippen LogP contribution in [0.5, 0.6) is 0 Å². The number of esters is 1. The summed E-state index contributed by atoms with van der Waals surface area (Å²) >= 11 is 0. The van der Waals surface area contributed by atoms with Gasteiger partial charge in [-0.2, -0.15) is 0 Å². The molecule has 1 N–H and O–H groups in total. The van der Waals surface area contributed by atoms with E-state index in [1.807, 2.05) is 13.8 Å². The van der Waals surface area contributed by atoms with Crippen LogP contribution in [-0.4, -0.2) is 36.4 Å². The van der Waals surface area contributed by atoms with Crippen LogP contribution in [0.3, 0.4) is 0 Å². The quantitative estimate of drug-likeness (QED) is 0.469. The van der Waals surface area contributed by atoms with Gasteiger partial charge in [0.15, 0.2) is 0 Å². The minimum atomic E-state index is -0.544. The SMILES string of the molecule is CCOC(=O)C(C)(CCCCOC(C)(C)CC)NC1CC1. The van der Waals surface area contributed by atoms with E-state index in [-0.39, 0.29) is 11.6 Å². The number of ether oxygens (including phenoxy) is 2. The Morgan fingerprint density at radius 3 is 2.38 bits per heavy atom. The lowest BCUT2D eigenvalue weighted by Crippen LogP contribution is -2.51. The molecule has 0 spiro atoms. The van der Waals surface area contributed by atoms with Gasteiger partial charge >= 0.3 is 5.97 Å². The van der Waals surface area contributed by atoms with E-state index in [1.165, 1.54) is 12.8 Å². The lowest BCUT2D eigenvalue weighted by Gasteiger charge is -2.29. The average Bonchev–Trinajstić information content (AvgIpc) is 3.22. The first-order valence-electron chi connectivity index (χ1n) is 8.42. The van der Waals surface area contributed by atoms with Gasteiger partial charge in [-0.15, -0.1) is 0 Å². The van der Waals surface area contributed by atoms with Crippen molar-refractivity contribution in [3.8, 4) is 0 Å². The maximum atomic E-state index is 12.2. The highest BCUT2D eigenvalue weighted by atomic mass is 16.5. The number of hydrogen-bond donors (Lipinski definition) is 1. The molecule has 0 aliphatic heterocycles. The Kier molecular flexibility index (Phi) is 7.14. The third kappa shape index (κ3) is 6.79. The van der Waals surface area contributed by atoms with Gasteiger partial charge < -0.3 is 9.47 Å². The van der Waals surface area contributed by atoms with Crippen molar-refractivity contribution in [2.75, 3.05) is 13.2 Å². The smallest absolute Gasteiger partial charge is 0.326 e. The maximum Gasteiger partial charge on any atom is 0.326 e. The molecular formula is C17H33NO3. The van der Waals surface area contributed by atoms with Crippen LogP contribution < -0.4 is 5.32 Å². The first kappa shape index (κ1) is 18.4. The molecule has 1 rings (SSSR count). The molecule has 1 aliphatic rings. The van der Waals surface area contributed by atoms with Crippen molar-refractivity contribution >= 4 is 5.97 Å². The zero-order chi connectivity index (χ0) is 15.9. The van der Waals surface area contributed by atoms with Crippen molar-refractivity contribution in [2.24, 2.45) is 0 Å². The lowest BCUT2D eigenvalue weighted by molar-refractivity contribution is -0.151. The van der Waals surface area contributed by atoms with Gasteiger partial charge in [-0.05, 0) is 66.2 Å². The zero-order valence-corrected chi connectivity index (χ0v) is 14.5. The summed E-state index contributed by atoms with van der Waals surface area (Å²) in [5.41, 5.74) is -0.589. The van der Waals surface area contributed by atoms with Gasteiger partial charge in [-0.25, -0.2) is 0 Å². The lowest BCUT2D eigenvalue weighted by atomic mass is 9.94. The van der Waals surface area contributed by atoms with E-state index in [1.54, 1.807) is 0 Å². The number of hydrogen-bond acceptors (Lipinski definition) is 4. The molecule has 4 heteroatoms. The van der Waals surface area contributed by atoms with Gasteiger partial charge in [0.05, 0.1) is 12.2 Å². The van der Waals surface area contributed by atoms with Gasteiger partial charge in [0.25, 0.3) is 0 Å². The second kappa shape index (κ2) is 8.14. The molecule has 4 nitrogen and oxygen atoms in total. The topological polar surface area (TPSA) is 47.6 Å². The predicted octanol–water partition coefficient (Wildman–Crippen LogP) is 3.44. The van der Waals surface area contributed by atoms with Crippen LogP contribution in [0.15, 0.2) is 0 Å². The number of nitrogens with one attached hydrogen (secondary N) is 1. The second-order valence-electron chi connectivity index (χ2n) is 6.89. The molecule has 1 fully saturated rings. The minimum absolute atomic E-state index is 0.0449. The normalized spacial score (nSPS) is 18.3. The summed E-state index contributed by atoms with van der Waals surface area (Å²) in [5.74, 6) is -0.119. The molecule has 1 atom stereocenters. The fourth-order valence-electron chi connectivity index (χ4n) is 2.23. The Labute approximate surface area is 130 Å². The summed E-state index contributed by atoms with van der Waals surface area (Å²) in [6.07, 6.45) is 6.10. The summed E-state index contributed by atoms with van der Waals surface area (Å²) in [5, 5.41) is 3.45. The molecule has 1 aliphatic carbocycles. The van der Waals surface area contributed by atoms with Crippen LogP contribution in [0.1, 0.15) is 73.1 Å². The van der Waals surface area contributed by atoms with E-state index in [0.717, 1.165) is 32.3 Å². The molecule has 0 saturated heterocycles. The Morgan fingerprint density at radius 2 is 1.86 bits per heavy atom. The average molecular weight is 299 g/mol. The molecule has 1 saturated carbocycles. The molecule has 124 valence electrons. The molecule has 0 bridgehead atoms. The van der Waals surface area contributed by atoms with Crippen molar-refractivity contribution in [1.82, 2.24) is 5.32 Å². The van der Waals surface area contributed by atoms with Crippen LogP contribution >= 0.6 is 0 Å². The van der Waals surface area contributed by atoms with Crippen molar-refractivity contribution in [3.63, 3.8) is 0 Å². The van der Waals surface area contributed by atoms with E-state index in [9.17, 15) is 4.79 Å². The monoisotopic (exact) mass is 299 g/mol. The number of carbonyl (C=O) groups excluding carboxylic acids is 1. The standard InChI is InChI=1S/C17H33NO3/c1-6-16(3,4)21-13-9-8-12-17(5,15(19)20-7-2)18-14-10-11-14/h14,18H,6-13H2,1-5H3. The molecule has 0 amide bonds. The van der Waals surface area contributed by atoms with Gasteiger partial charge in [-0.1, -0.05) is 6.92 Å². The molecule has 21 heavy (non-hydrogen) atoms. The molecule has 1 unspecified atom stereocenters. The largest absolute Gasteiger partial charge is 0.465 e. The van der Waals surface area contributed by atoms with Crippen molar-refractivity contribution in [2.45, 2.75) is 90.3 Å². The summed E-state index contributed by atoms with van der Waals surface area (Å²) in [6, 6.07) is 0.495. The van der Waals surface area contributed by atoms with Crippen LogP contribution in [0.25, 0.3) is 0 Å². The van der Waals surface area contributed by atoms with E-state index < -0.39 is 5.54 Å². The fourth-order valence-corrected chi connectivity index (χ4v) is 2.23. The van der Waals surface area contributed by atoms with Crippen LogP contribution in [0, 0.1) is 0 Å². The van der Waals surface area contributed by atoms with E-state index in [4.69, 9.17) is 9.47 Å². The van der Waals surface area contributed by atoms with Crippen LogP contribution in [0.2, 0.25) is 0 Å². The van der Waals surface area contributed by atoms with Crippen LogP contribution in [-0.2, 0) is 14.3 Å². The van der Waals surface area contributed by atoms with Crippen molar-refractivity contribution in [3.05, 3.63) is 0 Å². The van der Waals surface area contributed by atoms with E-state index in [0.29, 0.717) is 12.6 Å². The highest BCUT2D eigenvalue weighted by molar-refractivity contribution is 5.80. The van der Waals surface area contributed by atoms with Gasteiger partial charge in [0, 0.05) is 12.6 Å². The van der Waals surface area contributed by atoms with Crippen LogP contribution in [0.4, 0.5) is 0 Å². The first-order valence-corrected chi connectivity index (χ1v) is 8.42. The van der Waals surface area contributed by atoms with Crippen molar-refractivity contribution < 1.29 is 14.3 Å². The summed E-state index contributed by atoms with van der Waals surface area (Å²) in [6.45, 7) is 11.4. The Balaban J connectivity index is 2.34. The number of rotatable bonds is 11. The summed E-state index contributed by atoms with van der Waals surface area (Å²) < 4.78 is 11.1. The van der Waals surface area contributed by atoms with E-state index >= 15 is 0 Å². The van der Waals surface area contributed by atoms with Crippen molar-refractivity contribution in [1.29, 1.82) is 0 Å². The summed E-state index contributed by atoms with van der Waals surface area (Å²) in [7, 11) is 0. The summed E-state index contributed by atoms with van der Waals surface area (Å²) in [4.78, 5) is 12.2. The van der Waals surface area contributed by atoms with Gasteiger partial charge in [0.2, 0.25) is 0 Å². The molecule has 0 aromatic carbocycles. The molecule has 0 heterocycles. The number of unbranched alkanes of at least 4 members (excludes halogenated alkanes) is 1. The Bertz CT molecular complexity index is 326. The molecular weight excluding hydrogens is 266 g/mol. The predicted molar refractivity (Wildman–Crippen MR) is 85.4 cm³/mol. The first-order chi connectivity index (χ1) is 9.83.